The molecule has 19 heavy (non-hydrogen) atoms. The van der Waals surface area contributed by atoms with E-state index in [1.807, 2.05) is 6.07 Å². The molecule has 0 unspecified atom stereocenters. The van der Waals surface area contributed by atoms with E-state index in [2.05, 4.69) is 45.1 Å². The number of halogens is 4. The highest BCUT2D eigenvalue weighted by Gasteiger charge is 2.36. The summed E-state index contributed by atoms with van der Waals surface area (Å²) in [4.78, 5) is 2.45. The molecule has 5 heteroatoms. The molecule has 1 heterocycles. The van der Waals surface area contributed by atoms with Crippen molar-refractivity contribution in [3.63, 3.8) is 0 Å². The smallest absolute Gasteiger partial charge is 0.190 e. The number of rotatable bonds is 4. The normalized spacial score (nSPS) is 24.8. The van der Waals surface area contributed by atoms with Crippen LogP contribution in [0.2, 0.25) is 0 Å². The zero-order valence-electron chi connectivity index (χ0n) is 10.5. The molecule has 1 aromatic carbocycles. The van der Waals surface area contributed by atoms with Crippen molar-refractivity contribution >= 4 is 50.7 Å². The zero-order chi connectivity index (χ0) is 13.9. The molecule has 1 aliphatic heterocycles. The third-order valence-electron chi connectivity index (χ3n) is 3.59. The topological polar surface area (TPSA) is 3.24 Å². The summed E-state index contributed by atoms with van der Waals surface area (Å²) in [6.45, 7) is 3.03. The minimum atomic E-state index is -1.14. The van der Waals surface area contributed by atoms with Gasteiger partial charge in [-0.2, -0.15) is 0 Å². The lowest BCUT2D eigenvalue weighted by Crippen LogP contribution is -2.21. The maximum atomic E-state index is 5.94. The van der Waals surface area contributed by atoms with Gasteiger partial charge in [0.2, 0.25) is 0 Å². The van der Waals surface area contributed by atoms with Gasteiger partial charge in [-0.3, -0.25) is 4.90 Å². The van der Waals surface area contributed by atoms with Crippen LogP contribution in [0.25, 0.3) is 0 Å². The predicted octanol–water partition coefficient (Wildman–Crippen LogP) is 4.89. The zero-order valence-corrected chi connectivity index (χ0v) is 14.4. The molecule has 0 aliphatic carbocycles. The monoisotopic (exact) mass is 383 g/mol. The minimum Gasteiger partial charge on any atom is -0.298 e. The predicted molar refractivity (Wildman–Crippen MR) is 87.4 cm³/mol. The largest absolute Gasteiger partial charge is 0.298 e. The van der Waals surface area contributed by atoms with Gasteiger partial charge >= 0.3 is 0 Å². The second kappa shape index (κ2) is 7.00. The molecule has 0 aromatic heterocycles. The van der Waals surface area contributed by atoms with Gasteiger partial charge in [0.15, 0.2) is 3.79 Å². The molecule has 2 atom stereocenters. The molecular formula is C14H17BrCl3N. The van der Waals surface area contributed by atoms with Gasteiger partial charge < -0.3 is 0 Å². The quantitative estimate of drug-likeness (QED) is 0.667. The van der Waals surface area contributed by atoms with Crippen LogP contribution >= 0.6 is 50.7 Å². The Morgan fingerprint density at radius 3 is 2.32 bits per heavy atom. The molecule has 0 amide bonds. The highest BCUT2D eigenvalue weighted by Crippen LogP contribution is 2.39. The maximum Gasteiger partial charge on any atom is 0.190 e. The number of benzene rings is 1. The summed E-state index contributed by atoms with van der Waals surface area (Å²) >= 11 is 21.4. The molecule has 1 aliphatic rings. The molecule has 0 radical (unpaired) electrons. The van der Waals surface area contributed by atoms with E-state index in [-0.39, 0.29) is 0 Å². The summed E-state index contributed by atoms with van der Waals surface area (Å²) in [5.41, 5.74) is 1.34. The van der Waals surface area contributed by atoms with Crippen LogP contribution in [0.1, 0.15) is 12.0 Å². The first-order chi connectivity index (χ1) is 8.98. The van der Waals surface area contributed by atoms with Crippen LogP contribution in [0.3, 0.4) is 0 Å². The van der Waals surface area contributed by atoms with E-state index in [0.717, 1.165) is 25.0 Å². The van der Waals surface area contributed by atoms with Crippen LogP contribution in [-0.4, -0.2) is 27.1 Å². The van der Waals surface area contributed by atoms with Gasteiger partial charge in [0.1, 0.15) is 0 Å². The van der Waals surface area contributed by atoms with Gasteiger partial charge in [-0.25, -0.2) is 0 Å². The third kappa shape index (κ3) is 5.09. The number of nitrogens with zero attached hydrogens (tertiary/aromatic N) is 1. The highest BCUT2D eigenvalue weighted by atomic mass is 79.9. The summed E-state index contributed by atoms with van der Waals surface area (Å²) in [5, 5.41) is 0.962. The molecule has 0 bridgehead atoms. The van der Waals surface area contributed by atoms with Crippen LogP contribution in [0.4, 0.5) is 0 Å². The summed E-state index contributed by atoms with van der Waals surface area (Å²) in [5.74, 6) is 0.995. The highest BCUT2D eigenvalue weighted by molar-refractivity contribution is 9.09. The number of hydrogen-bond donors (Lipinski definition) is 0. The van der Waals surface area contributed by atoms with Crippen molar-refractivity contribution in [1.29, 1.82) is 0 Å². The van der Waals surface area contributed by atoms with Gasteiger partial charge in [0.05, 0.1) is 0 Å². The Balaban J connectivity index is 1.95. The Morgan fingerprint density at radius 1 is 1.11 bits per heavy atom. The lowest BCUT2D eigenvalue weighted by molar-refractivity contribution is 0.312. The van der Waals surface area contributed by atoms with Crippen LogP contribution in [0.5, 0.6) is 0 Å². The Labute approximate surface area is 138 Å². The van der Waals surface area contributed by atoms with Gasteiger partial charge in [-0.15, -0.1) is 0 Å². The van der Waals surface area contributed by atoms with Crippen LogP contribution in [0, 0.1) is 11.8 Å². The first-order valence-electron chi connectivity index (χ1n) is 6.37. The number of hydrogen-bond acceptors (Lipinski definition) is 1. The lowest BCUT2D eigenvalue weighted by atomic mass is 9.95. The second-order valence-electron chi connectivity index (χ2n) is 5.17. The third-order valence-corrected chi connectivity index (χ3v) is 4.89. The first kappa shape index (κ1) is 15.9. The van der Waals surface area contributed by atoms with Gasteiger partial charge in [0.25, 0.3) is 0 Å². The van der Waals surface area contributed by atoms with Crippen molar-refractivity contribution in [3.05, 3.63) is 35.9 Å². The van der Waals surface area contributed by atoms with Gasteiger partial charge in [-0.1, -0.05) is 81.1 Å². The van der Waals surface area contributed by atoms with E-state index in [4.69, 9.17) is 34.8 Å². The van der Waals surface area contributed by atoms with Crippen molar-refractivity contribution in [2.75, 3.05) is 18.4 Å². The summed E-state index contributed by atoms with van der Waals surface area (Å²) in [6.07, 6.45) is 0.624. The number of alkyl halides is 4. The Morgan fingerprint density at radius 2 is 1.74 bits per heavy atom. The maximum absolute atomic E-state index is 5.94. The molecular weight excluding hydrogens is 368 g/mol. The second-order valence-corrected chi connectivity index (χ2v) is 8.34. The van der Waals surface area contributed by atoms with Crippen molar-refractivity contribution in [2.24, 2.45) is 11.8 Å². The van der Waals surface area contributed by atoms with Crippen LogP contribution in [-0.2, 0) is 6.54 Å². The molecule has 1 nitrogen and oxygen atoms in total. The van der Waals surface area contributed by atoms with E-state index >= 15 is 0 Å². The molecule has 1 fully saturated rings. The lowest BCUT2D eigenvalue weighted by Gasteiger charge is -2.20. The Kier molecular flexibility index (Phi) is 5.86. The molecule has 2 rings (SSSR count). The summed E-state index contributed by atoms with van der Waals surface area (Å²) in [6, 6.07) is 10.5. The van der Waals surface area contributed by atoms with Crippen LogP contribution in [0.15, 0.2) is 30.3 Å². The van der Waals surface area contributed by atoms with Crippen LogP contribution < -0.4 is 0 Å². The molecule has 0 N–H and O–H groups in total. The summed E-state index contributed by atoms with van der Waals surface area (Å²) in [7, 11) is 0. The average Bonchev–Trinajstić information content (AvgIpc) is 2.70. The van der Waals surface area contributed by atoms with E-state index in [0.29, 0.717) is 18.3 Å². The first-order valence-corrected chi connectivity index (χ1v) is 8.62. The van der Waals surface area contributed by atoms with E-state index < -0.39 is 3.79 Å². The van der Waals surface area contributed by atoms with Crippen molar-refractivity contribution in [2.45, 2.75) is 16.8 Å². The van der Waals surface area contributed by atoms with Gasteiger partial charge in [-0.05, 0) is 23.8 Å². The molecule has 106 valence electrons. The molecule has 1 aromatic rings. The minimum absolute atomic E-state index is 0.440. The molecule has 0 spiro atoms. The fourth-order valence-corrected chi connectivity index (χ4v) is 4.04. The number of likely N-dealkylation sites (tertiary alicyclic amines) is 1. The van der Waals surface area contributed by atoms with Crippen molar-refractivity contribution in [3.8, 4) is 0 Å². The van der Waals surface area contributed by atoms with E-state index in [9.17, 15) is 0 Å². The van der Waals surface area contributed by atoms with Crippen molar-refractivity contribution < 1.29 is 0 Å². The molecule has 1 saturated heterocycles. The fourth-order valence-electron chi connectivity index (χ4n) is 2.71. The van der Waals surface area contributed by atoms with Gasteiger partial charge in [0, 0.05) is 25.0 Å². The Bertz CT molecular complexity index is 393. The summed E-state index contributed by atoms with van der Waals surface area (Å²) < 4.78 is -1.14. The fraction of sp³-hybridized carbons (Fsp3) is 0.571. The SMILES string of the molecule is ClC(Cl)(Cl)C[C@@H]1CN(Cc2ccccc2)C[C@@H]1CBr. The average molecular weight is 386 g/mol. The standard InChI is InChI=1S/C14H17BrCl3N/c15-7-13-10-19(8-11-4-2-1-3-5-11)9-12(13)6-14(16,17)18/h1-5,12-13H,6-10H2/t12-,13+/m1/s1. The Hall–Kier alpha value is 0.530. The van der Waals surface area contributed by atoms with E-state index in [1.54, 1.807) is 0 Å². The van der Waals surface area contributed by atoms with Crippen molar-refractivity contribution in [1.82, 2.24) is 4.90 Å². The van der Waals surface area contributed by atoms with E-state index in [1.165, 1.54) is 5.56 Å². The molecule has 0 saturated carbocycles.